The summed E-state index contributed by atoms with van der Waals surface area (Å²) in [6.07, 6.45) is 7.09. The van der Waals surface area contributed by atoms with Crippen molar-refractivity contribution >= 4 is 34.5 Å². The molecule has 8 nitrogen and oxygen atoms in total. The molecule has 4 heterocycles. The van der Waals surface area contributed by atoms with Gasteiger partial charge in [-0.2, -0.15) is 0 Å². The van der Waals surface area contributed by atoms with Gasteiger partial charge in [-0.1, -0.05) is 35.9 Å². The third-order valence-electron chi connectivity index (χ3n) is 6.08. The summed E-state index contributed by atoms with van der Waals surface area (Å²) in [7, 11) is 0. The van der Waals surface area contributed by atoms with Crippen LogP contribution in [0.2, 0.25) is 5.02 Å². The number of anilines is 1. The monoisotopic (exact) mass is 541 g/mol. The van der Waals surface area contributed by atoms with Gasteiger partial charge in [0.2, 0.25) is 0 Å². The van der Waals surface area contributed by atoms with E-state index >= 15 is 0 Å². The molecule has 0 radical (unpaired) electrons. The minimum atomic E-state index is -0.961. The van der Waals surface area contributed by atoms with Crippen molar-refractivity contribution < 1.29 is 14.6 Å². The lowest BCUT2D eigenvalue weighted by molar-refractivity contribution is 0.0576. The molecule has 9 heteroatoms. The van der Waals surface area contributed by atoms with Gasteiger partial charge in [0.05, 0.1) is 6.54 Å². The second-order valence-electron chi connectivity index (χ2n) is 10.2. The zero-order chi connectivity index (χ0) is 27.6. The Morgan fingerprint density at radius 3 is 2.51 bits per heavy atom. The summed E-state index contributed by atoms with van der Waals surface area (Å²) in [5.74, 6) is 0.398. The molecule has 2 N–H and O–H groups in total. The maximum Gasteiger partial charge on any atom is 0.416 e. The number of halogens is 1. The quantitative estimate of drug-likeness (QED) is 0.248. The predicted octanol–water partition coefficient (Wildman–Crippen LogP) is 6.70. The minimum Gasteiger partial charge on any atom is -0.443 e. The summed E-state index contributed by atoms with van der Waals surface area (Å²) in [5.41, 5.74) is 3.93. The Balaban J connectivity index is 1.43. The molecule has 1 unspecified atom stereocenters. The third kappa shape index (κ3) is 6.08. The number of aromatic nitrogens is 4. The van der Waals surface area contributed by atoms with Gasteiger partial charge in [-0.05, 0) is 56.7 Å². The van der Waals surface area contributed by atoms with Crippen LogP contribution in [-0.2, 0) is 11.3 Å². The van der Waals surface area contributed by atoms with Gasteiger partial charge in [0.15, 0.2) is 0 Å². The van der Waals surface area contributed by atoms with E-state index in [9.17, 15) is 9.90 Å². The second-order valence-corrected chi connectivity index (χ2v) is 10.6. The number of carbonyl (C=O) groups excluding carboxylic acids is 1. The number of H-pyrrole nitrogens is 1. The van der Waals surface area contributed by atoms with E-state index in [1.165, 1.54) is 4.90 Å². The van der Waals surface area contributed by atoms with Crippen molar-refractivity contribution in [2.24, 2.45) is 0 Å². The van der Waals surface area contributed by atoms with Crippen LogP contribution in [0.15, 0.2) is 85.6 Å². The molecule has 0 fully saturated rings. The van der Waals surface area contributed by atoms with Gasteiger partial charge in [-0.25, -0.2) is 14.8 Å². The van der Waals surface area contributed by atoms with Crippen LogP contribution in [0.1, 0.15) is 43.6 Å². The fraction of sp³-hybridized carbons (Fsp3) is 0.200. The van der Waals surface area contributed by atoms with Crippen LogP contribution in [0.25, 0.3) is 22.2 Å². The van der Waals surface area contributed by atoms with Crippen molar-refractivity contribution in [3.8, 4) is 11.1 Å². The molecular weight excluding hydrogens is 514 g/mol. The van der Waals surface area contributed by atoms with Crippen LogP contribution < -0.4 is 4.90 Å². The zero-order valence-electron chi connectivity index (χ0n) is 21.8. The second kappa shape index (κ2) is 10.8. The molecule has 4 aromatic heterocycles. The lowest BCUT2D eigenvalue weighted by Crippen LogP contribution is -2.37. The van der Waals surface area contributed by atoms with Crippen LogP contribution in [0.4, 0.5) is 10.6 Å². The largest absolute Gasteiger partial charge is 0.443 e. The number of rotatable bonds is 6. The van der Waals surface area contributed by atoms with Crippen molar-refractivity contribution in [1.29, 1.82) is 0 Å². The molecule has 5 rings (SSSR count). The first-order chi connectivity index (χ1) is 18.7. The summed E-state index contributed by atoms with van der Waals surface area (Å²) < 4.78 is 5.64. The van der Waals surface area contributed by atoms with Crippen LogP contribution >= 0.6 is 11.6 Å². The fourth-order valence-electron chi connectivity index (χ4n) is 4.17. The van der Waals surface area contributed by atoms with Gasteiger partial charge in [-0.15, -0.1) is 0 Å². The molecule has 1 atom stereocenters. The Morgan fingerprint density at radius 2 is 1.85 bits per heavy atom. The number of carbonyl (C=O) groups is 1. The highest BCUT2D eigenvalue weighted by Gasteiger charge is 2.25. The van der Waals surface area contributed by atoms with E-state index in [4.69, 9.17) is 16.3 Å². The summed E-state index contributed by atoms with van der Waals surface area (Å²) in [5, 5.41) is 12.7. The lowest BCUT2D eigenvalue weighted by atomic mass is 10.0. The molecule has 1 aromatic carbocycles. The van der Waals surface area contributed by atoms with Gasteiger partial charge < -0.3 is 14.8 Å². The number of ether oxygens (including phenoxy) is 1. The molecule has 0 saturated carbocycles. The Bertz CT molecular complexity index is 1580. The molecule has 1 amide bonds. The molecule has 0 bridgehead atoms. The van der Waals surface area contributed by atoms with Gasteiger partial charge in [0.25, 0.3) is 0 Å². The van der Waals surface area contributed by atoms with Gasteiger partial charge in [-0.3, -0.25) is 9.88 Å². The third-order valence-corrected chi connectivity index (χ3v) is 6.34. The molecule has 0 aliphatic rings. The SMILES string of the molecule is CC(C)(C)OC(=O)N(Cc1ccc(Cl)cc1)c1ccc(C(O)c2c[nH]c3ncc(-c4cccnc4)cc23)cn1. The maximum atomic E-state index is 13.1. The number of aromatic amines is 1. The Morgan fingerprint density at radius 1 is 1.05 bits per heavy atom. The topological polar surface area (TPSA) is 104 Å². The summed E-state index contributed by atoms with van der Waals surface area (Å²) >= 11 is 6.03. The molecule has 198 valence electrons. The first kappa shape index (κ1) is 26.3. The molecule has 5 aromatic rings. The fourth-order valence-corrected chi connectivity index (χ4v) is 4.29. The van der Waals surface area contributed by atoms with Crippen molar-refractivity contribution in [3.63, 3.8) is 0 Å². The standard InChI is InChI=1S/C30H28ClN5O3/c1-30(2,3)39-29(38)36(18-19-6-9-23(31)10-7-19)26-11-8-21(15-33-26)27(37)25-17-35-28-24(25)13-22(16-34-28)20-5-4-12-32-14-20/h4-17,27,37H,18H2,1-3H3,(H,34,35). The van der Waals surface area contributed by atoms with Crippen LogP contribution in [-0.4, -0.2) is 36.7 Å². The average Bonchev–Trinajstić information content (AvgIpc) is 3.35. The number of hydrogen-bond donors (Lipinski definition) is 2. The van der Waals surface area contributed by atoms with E-state index < -0.39 is 17.8 Å². The van der Waals surface area contributed by atoms with Crippen molar-refractivity contribution in [2.45, 2.75) is 39.0 Å². The van der Waals surface area contributed by atoms with E-state index in [-0.39, 0.29) is 6.54 Å². The summed E-state index contributed by atoms with van der Waals surface area (Å²) in [4.78, 5) is 30.9. The summed E-state index contributed by atoms with van der Waals surface area (Å²) in [6, 6.07) is 16.5. The summed E-state index contributed by atoms with van der Waals surface area (Å²) in [6.45, 7) is 5.68. The highest BCUT2D eigenvalue weighted by Crippen LogP contribution is 2.31. The van der Waals surface area contributed by atoms with Gasteiger partial charge in [0.1, 0.15) is 23.2 Å². The molecule has 0 aliphatic carbocycles. The van der Waals surface area contributed by atoms with E-state index in [0.29, 0.717) is 27.6 Å². The van der Waals surface area contributed by atoms with Crippen LogP contribution in [0.5, 0.6) is 0 Å². The van der Waals surface area contributed by atoms with E-state index in [0.717, 1.165) is 22.1 Å². The number of benzene rings is 1. The van der Waals surface area contributed by atoms with Crippen molar-refractivity contribution in [1.82, 2.24) is 19.9 Å². The molecule has 0 aliphatic heterocycles. The number of aliphatic hydroxyl groups excluding tert-OH is 1. The Hall–Kier alpha value is -4.27. The molecule has 0 saturated heterocycles. The van der Waals surface area contributed by atoms with E-state index in [1.54, 1.807) is 55.2 Å². The Kier molecular flexibility index (Phi) is 7.32. The Labute approximate surface area is 231 Å². The first-order valence-corrected chi connectivity index (χ1v) is 12.8. The highest BCUT2D eigenvalue weighted by molar-refractivity contribution is 6.30. The highest BCUT2D eigenvalue weighted by atomic mass is 35.5. The maximum absolute atomic E-state index is 13.1. The van der Waals surface area contributed by atoms with Gasteiger partial charge in [0, 0.05) is 63.6 Å². The first-order valence-electron chi connectivity index (χ1n) is 12.4. The number of fused-ring (bicyclic) bond motifs is 1. The molecule has 0 spiro atoms. The number of nitrogens with one attached hydrogen (secondary N) is 1. The number of aliphatic hydroxyl groups is 1. The predicted molar refractivity (Wildman–Crippen MR) is 151 cm³/mol. The zero-order valence-corrected chi connectivity index (χ0v) is 22.6. The van der Waals surface area contributed by atoms with Gasteiger partial charge >= 0.3 is 6.09 Å². The lowest BCUT2D eigenvalue weighted by Gasteiger charge is -2.27. The van der Waals surface area contributed by atoms with E-state index in [2.05, 4.69) is 19.9 Å². The molecule has 39 heavy (non-hydrogen) atoms. The van der Waals surface area contributed by atoms with Crippen LogP contribution in [0, 0.1) is 0 Å². The number of nitrogens with zero attached hydrogens (tertiary/aromatic N) is 4. The van der Waals surface area contributed by atoms with Crippen molar-refractivity contribution in [3.05, 3.63) is 107 Å². The number of pyridine rings is 3. The molecular formula is C30H28ClN5O3. The van der Waals surface area contributed by atoms with Crippen molar-refractivity contribution in [2.75, 3.05) is 4.90 Å². The smallest absolute Gasteiger partial charge is 0.416 e. The number of amides is 1. The average molecular weight is 542 g/mol. The van der Waals surface area contributed by atoms with Crippen LogP contribution in [0.3, 0.4) is 0 Å². The normalized spacial score (nSPS) is 12.3. The van der Waals surface area contributed by atoms with E-state index in [1.807, 2.05) is 51.1 Å². The number of hydrogen-bond acceptors (Lipinski definition) is 6. The minimum absolute atomic E-state index is 0.242.